The molecule has 2 nitrogen and oxygen atoms in total. The second kappa shape index (κ2) is 6.59. The second-order valence-corrected chi connectivity index (χ2v) is 4.89. The summed E-state index contributed by atoms with van der Waals surface area (Å²) >= 11 is 0. The van der Waals surface area contributed by atoms with Crippen molar-refractivity contribution in [2.75, 3.05) is 26.7 Å². The van der Waals surface area contributed by atoms with Gasteiger partial charge < -0.3 is 10.2 Å². The Balaban J connectivity index is 2.38. The molecule has 1 aliphatic rings. The fourth-order valence-electron chi connectivity index (χ4n) is 2.37. The molecule has 0 heterocycles. The van der Waals surface area contributed by atoms with Crippen molar-refractivity contribution < 1.29 is 13.2 Å². The summed E-state index contributed by atoms with van der Waals surface area (Å²) in [6.45, 7) is 4.41. The molecule has 1 N–H and O–H groups in total. The largest absolute Gasteiger partial charge is 0.393 e. The van der Waals surface area contributed by atoms with E-state index in [9.17, 15) is 13.2 Å². The molecule has 0 spiro atoms. The van der Waals surface area contributed by atoms with E-state index in [1.54, 1.807) is 0 Å². The van der Waals surface area contributed by atoms with Gasteiger partial charge in [0.25, 0.3) is 0 Å². The van der Waals surface area contributed by atoms with Gasteiger partial charge in [0.05, 0.1) is 5.92 Å². The van der Waals surface area contributed by atoms with E-state index in [4.69, 9.17) is 0 Å². The Labute approximate surface area is 102 Å². The predicted molar refractivity (Wildman–Crippen MR) is 63.0 cm³/mol. The summed E-state index contributed by atoms with van der Waals surface area (Å²) in [4.78, 5) is 2.10. The zero-order valence-corrected chi connectivity index (χ0v) is 10.7. The molecule has 1 fully saturated rings. The minimum Gasteiger partial charge on any atom is -0.312 e. The highest BCUT2D eigenvalue weighted by Gasteiger charge is 2.45. The van der Waals surface area contributed by atoms with Crippen molar-refractivity contribution in [1.82, 2.24) is 10.2 Å². The van der Waals surface area contributed by atoms with Crippen LogP contribution < -0.4 is 5.32 Å². The molecule has 1 aliphatic carbocycles. The molecule has 0 bridgehead atoms. The lowest BCUT2D eigenvalue weighted by molar-refractivity contribution is -0.188. The van der Waals surface area contributed by atoms with Crippen molar-refractivity contribution in [3.8, 4) is 0 Å². The van der Waals surface area contributed by atoms with Gasteiger partial charge in [-0.3, -0.25) is 0 Å². The van der Waals surface area contributed by atoms with Gasteiger partial charge in [0, 0.05) is 19.1 Å². The Bertz CT molecular complexity index is 218. The van der Waals surface area contributed by atoms with E-state index < -0.39 is 12.1 Å². The summed E-state index contributed by atoms with van der Waals surface area (Å²) in [5.74, 6) is -1.15. The zero-order valence-electron chi connectivity index (χ0n) is 10.7. The molecule has 0 aromatic rings. The fraction of sp³-hybridized carbons (Fsp3) is 1.00. The van der Waals surface area contributed by atoms with Crippen LogP contribution in [0.5, 0.6) is 0 Å². The van der Waals surface area contributed by atoms with E-state index in [-0.39, 0.29) is 12.5 Å². The third kappa shape index (κ3) is 4.84. The first kappa shape index (κ1) is 14.8. The molecular formula is C12H23F3N2. The molecule has 0 aromatic heterocycles. The number of alkyl halides is 3. The lowest BCUT2D eigenvalue weighted by Crippen LogP contribution is -2.47. The first-order valence-electron chi connectivity index (χ1n) is 6.43. The van der Waals surface area contributed by atoms with Gasteiger partial charge in [0.1, 0.15) is 0 Å². The molecule has 2 atom stereocenters. The quantitative estimate of drug-likeness (QED) is 0.809. The summed E-state index contributed by atoms with van der Waals surface area (Å²) in [7, 11) is 1.98. The highest BCUT2D eigenvalue weighted by molar-refractivity contribution is 4.85. The van der Waals surface area contributed by atoms with Crippen LogP contribution in [0.25, 0.3) is 0 Å². The number of hydrogen-bond acceptors (Lipinski definition) is 2. The highest BCUT2D eigenvalue weighted by atomic mass is 19.4. The molecule has 17 heavy (non-hydrogen) atoms. The number of rotatable bonds is 5. The number of nitrogens with zero attached hydrogens (tertiary/aromatic N) is 1. The molecule has 2 unspecified atom stereocenters. The van der Waals surface area contributed by atoms with Gasteiger partial charge in [-0.1, -0.05) is 19.8 Å². The van der Waals surface area contributed by atoms with Crippen molar-refractivity contribution in [2.24, 2.45) is 5.92 Å². The van der Waals surface area contributed by atoms with Gasteiger partial charge in [0.2, 0.25) is 0 Å². The molecule has 1 rings (SSSR count). The smallest absolute Gasteiger partial charge is 0.312 e. The topological polar surface area (TPSA) is 15.3 Å². The third-order valence-electron chi connectivity index (χ3n) is 3.63. The Kier molecular flexibility index (Phi) is 5.73. The lowest BCUT2D eigenvalue weighted by atomic mass is 9.84. The first-order valence-corrected chi connectivity index (χ1v) is 6.43. The highest BCUT2D eigenvalue weighted by Crippen LogP contribution is 2.37. The number of hydrogen-bond donors (Lipinski definition) is 1. The van der Waals surface area contributed by atoms with Crippen LogP contribution in [-0.2, 0) is 0 Å². The molecule has 0 aromatic carbocycles. The molecule has 0 radical (unpaired) electrons. The van der Waals surface area contributed by atoms with Gasteiger partial charge in [-0.05, 0) is 26.4 Å². The van der Waals surface area contributed by atoms with Crippen LogP contribution >= 0.6 is 0 Å². The molecule has 0 saturated heterocycles. The van der Waals surface area contributed by atoms with E-state index in [0.29, 0.717) is 19.4 Å². The predicted octanol–water partition coefficient (Wildman–Crippen LogP) is 2.65. The number of halogens is 3. The van der Waals surface area contributed by atoms with Gasteiger partial charge in [-0.15, -0.1) is 0 Å². The molecular weight excluding hydrogens is 229 g/mol. The Morgan fingerprint density at radius 2 is 1.88 bits per heavy atom. The second-order valence-electron chi connectivity index (χ2n) is 4.89. The molecule has 1 saturated carbocycles. The normalized spacial score (nSPS) is 26.5. The Morgan fingerprint density at radius 1 is 1.24 bits per heavy atom. The van der Waals surface area contributed by atoms with Crippen LogP contribution in [0, 0.1) is 5.92 Å². The Morgan fingerprint density at radius 3 is 2.47 bits per heavy atom. The minimum absolute atomic E-state index is 0.283. The van der Waals surface area contributed by atoms with E-state index in [1.807, 2.05) is 14.0 Å². The molecule has 0 aliphatic heterocycles. The van der Waals surface area contributed by atoms with E-state index in [0.717, 1.165) is 19.5 Å². The van der Waals surface area contributed by atoms with Gasteiger partial charge in [0.15, 0.2) is 0 Å². The molecule has 0 amide bonds. The number of likely N-dealkylation sites (N-methyl/N-ethyl adjacent to an activating group) is 1. The van der Waals surface area contributed by atoms with Gasteiger partial charge >= 0.3 is 6.18 Å². The van der Waals surface area contributed by atoms with Crippen molar-refractivity contribution in [1.29, 1.82) is 0 Å². The average Bonchev–Trinajstić information content (AvgIpc) is 2.28. The standard InChI is InChI=1S/C12H23F3N2/c1-3-17(2)9-8-16-11-7-5-4-6-10(11)12(13,14)15/h10-11,16H,3-9H2,1-2H3. The van der Waals surface area contributed by atoms with Gasteiger partial charge in [-0.2, -0.15) is 13.2 Å². The summed E-state index contributed by atoms with van der Waals surface area (Å²) in [6, 6.07) is -0.381. The van der Waals surface area contributed by atoms with Crippen LogP contribution in [0.15, 0.2) is 0 Å². The van der Waals surface area contributed by atoms with Crippen molar-refractivity contribution in [3.05, 3.63) is 0 Å². The molecule has 102 valence electrons. The SMILES string of the molecule is CCN(C)CCNC1CCCCC1C(F)(F)F. The average molecular weight is 252 g/mol. The Hall–Kier alpha value is -0.290. The monoisotopic (exact) mass is 252 g/mol. The first-order chi connectivity index (χ1) is 7.95. The molecule has 5 heteroatoms. The fourth-order valence-corrected chi connectivity index (χ4v) is 2.37. The zero-order chi connectivity index (χ0) is 12.9. The number of nitrogens with one attached hydrogen (secondary N) is 1. The van der Waals surface area contributed by atoms with E-state index >= 15 is 0 Å². The summed E-state index contributed by atoms with van der Waals surface area (Å²) in [5.41, 5.74) is 0. The van der Waals surface area contributed by atoms with Crippen molar-refractivity contribution in [2.45, 2.75) is 44.8 Å². The van der Waals surface area contributed by atoms with Crippen LogP contribution in [0.4, 0.5) is 13.2 Å². The van der Waals surface area contributed by atoms with Crippen LogP contribution in [-0.4, -0.2) is 43.8 Å². The van der Waals surface area contributed by atoms with Gasteiger partial charge in [-0.25, -0.2) is 0 Å². The maximum atomic E-state index is 12.8. The van der Waals surface area contributed by atoms with Crippen molar-refractivity contribution in [3.63, 3.8) is 0 Å². The van der Waals surface area contributed by atoms with Crippen LogP contribution in [0.1, 0.15) is 32.6 Å². The van der Waals surface area contributed by atoms with E-state index in [1.165, 1.54) is 0 Å². The lowest BCUT2D eigenvalue weighted by Gasteiger charge is -2.34. The summed E-state index contributed by atoms with van der Waals surface area (Å²) in [6.07, 6.45) is -1.50. The van der Waals surface area contributed by atoms with Crippen LogP contribution in [0.3, 0.4) is 0 Å². The minimum atomic E-state index is -4.05. The summed E-state index contributed by atoms with van der Waals surface area (Å²) in [5, 5.41) is 3.08. The maximum Gasteiger partial charge on any atom is 0.393 e. The third-order valence-corrected chi connectivity index (χ3v) is 3.63. The van der Waals surface area contributed by atoms with E-state index in [2.05, 4.69) is 10.2 Å². The summed E-state index contributed by atoms with van der Waals surface area (Å²) < 4.78 is 38.4. The van der Waals surface area contributed by atoms with Crippen LogP contribution in [0.2, 0.25) is 0 Å². The van der Waals surface area contributed by atoms with Crippen molar-refractivity contribution >= 4 is 0 Å². The maximum absolute atomic E-state index is 12.8.